The summed E-state index contributed by atoms with van der Waals surface area (Å²) in [4.78, 5) is 3.30. The van der Waals surface area contributed by atoms with Crippen molar-refractivity contribution >= 4 is 78.1 Å². The van der Waals surface area contributed by atoms with Crippen LogP contribution in [0.2, 0.25) is 20.1 Å². The fourth-order valence-corrected chi connectivity index (χ4v) is 6.70. The van der Waals surface area contributed by atoms with Gasteiger partial charge in [0, 0.05) is 0 Å². The van der Waals surface area contributed by atoms with Crippen LogP contribution in [-0.2, 0) is 20.0 Å². The summed E-state index contributed by atoms with van der Waals surface area (Å²) in [7, 11) is -8.39. The number of pyridine rings is 1. The summed E-state index contributed by atoms with van der Waals surface area (Å²) < 4.78 is 55.0. The minimum atomic E-state index is -4.20. The van der Waals surface area contributed by atoms with Gasteiger partial charge in [-0.05, 0) is 36.4 Å². The van der Waals surface area contributed by atoms with Crippen molar-refractivity contribution in [2.45, 2.75) is 9.79 Å². The average Bonchev–Trinajstić information content (AvgIpc) is 2.60. The lowest BCUT2D eigenvalue weighted by Gasteiger charge is -2.13. The Morgan fingerprint density at radius 1 is 0.567 bits per heavy atom. The van der Waals surface area contributed by atoms with Crippen LogP contribution in [0.4, 0.5) is 11.6 Å². The molecule has 1 aromatic heterocycles. The molecule has 3 rings (SSSR count). The summed E-state index contributed by atoms with van der Waals surface area (Å²) in [6.45, 7) is 0. The summed E-state index contributed by atoms with van der Waals surface area (Å²) in [5, 5.41) is -0.333. The molecule has 0 radical (unpaired) electrons. The second-order valence-corrected chi connectivity index (χ2v) is 10.6. The molecule has 2 aromatic carbocycles. The molecule has 158 valence electrons. The van der Waals surface area contributed by atoms with Crippen molar-refractivity contribution in [3.05, 3.63) is 74.7 Å². The second-order valence-electron chi connectivity index (χ2n) is 5.72. The zero-order chi connectivity index (χ0) is 22.1. The van der Waals surface area contributed by atoms with Gasteiger partial charge in [-0.1, -0.05) is 64.6 Å². The van der Waals surface area contributed by atoms with E-state index in [1.165, 1.54) is 54.6 Å². The zero-order valence-corrected chi connectivity index (χ0v) is 19.3. The van der Waals surface area contributed by atoms with E-state index < -0.39 is 20.0 Å². The summed E-state index contributed by atoms with van der Waals surface area (Å²) in [6, 6.07) is 12.5. The number of anilines is 2. The van der Waals surface area contributed by atoms with Crippen LogP contribution in [-0.4, -0.2) is 21.8 Å². The number of rotatable bonds is 6. The Bertz CT molecular complexity index is 1190. The molecule has 30 heavy (non-hydrogen) atoms. The Morgan fingerprint density at radius 3 is 1.20 bits per heavy atom. The van der Waals surface area contributed by atoms with E-state index in [1.54, 1.807) is 0 Å². The highest BCUT2D eigenvalue weighted by Gasteiger charge is 2.24. The summed E-state index contributed by atoms with van der Waals surface area (Å²) in [6.07, 6.45) is 0. The van der Waals surface area contributed by atoms with E-state index in [2.05, 4.69) is 14.4 Å². The van der Waals surface area contributed by atoms with Crippen LogP contribution in [0.5, 0.6) is 0 Å². The van der Waals surface area contributed by atoms with E-state index in [0.29, 0.717) is 0 Å². The lowest BCUT2D eigenvalue weighted by Crippen LogP contribution is -2.17. The van der Waals surface area contributed by atoms with E-state index in [9.17, 15) is 16.8 Å². The molecule has 13 heteroatoms. The predicted octanol–water partition coefficient (Wildman–Crippen LogP) is 5.30. The maximum Gasteiger partial charge on any atom is 0.266 e. The number of nitrogens with zero attached hydrogens (tertiary/aromatic N) is 1. The number of halogens is 4. The van der Waals surface area contributed by atoms with Crippen molar-refractivity contribution in [2.75, 3.05) is 9.44 Å². The van der Waals surface area contributed by atoms with Gasteiger partial charge in [0.25, 0.3) is 20.0 Å². The lowest BCUT2D eigenvalue weighted by atomic mass is 10.4. The van der Waals surface area contributed by atoms with Crippen molar-refractivity contribution in [1.29, 1.82) is 0 Å². The quantitative estimate of drug-likeness (QED) is 0.453. The van der Waals surface area contributed by atoms with Crippen LogP contribution in [0.15, 0.2) is 64.4 Å². The van der Waals surface area contributed by atoms with Gasteiger partial charge in [-0.15, -0.1) is 0 Å². The average molecular weight is 527 g/mol. The SMILES string of the molecule is O=S(=O)(Nc1cccc(NS(=O)(=O)c2c(Cl)cccc2Cl)n1)c1c(Cl)cccc1Cl. The molecule has 0 unspecified atom stereocenters. The van der Waals surface area contributed by atoms with Gasteiger partial charge >= 0.3 is 0 Å². The van der Waals surface area contributed by atoms with Crippen LogP contribution in [0.1, 0.15) is 0 Å². The largest absolute Gasteiger partial charge is 0.266 e. The molecule has 0 aliphatic rings. The molecule has 0 saturated carbocycles. The van der Waals surface area contributed by atoms with Crippen LogP contribution in [0.25, 0.3) is 0 Å². The van der Waals surface area contributed by atoms with Gasteiger partial charge in [-0.2, -0.15) is 0 Å². The highest BCUT2D eigenvalue weighted by atomic mass is 35.5. The first-order chi connectivity index (χ1) is 14.0. The topological polar surface area (TPSA) is 105 Å². The van der Waals surface area contributed by atoms with E-state index >= 15 is 0 Å². The highest BCUT2D eigenvalue weighted by molar-refractivity contribution is 7.93. The fraction of sp³-hybridized carbons (Fsp3) is 0. The number of nitrogens with one attached hydrogen (secondary N) is 2. The molecular formula is C17H11Cl4N3O4S2. The predicted molar refractivity (Wildman–Crippen MR) is 119 cm³/mol. The molecule has 3 aromatic rings. The molecule has 0 atom stereocenters. The van der Waals surface area contributed by atoms with Gasteiger partial charge < -0.3 is 0 Å². The third-order valence-electron chi connectivity index (χ3n) is 3.60. The summed E-state index contributed by atoms with van der Waals surface area (Å²) in [5.74, 6) is -0.340. The van der Waals surface area contributed by atoms with Crippen molar-refractivity contribution < 1.29 is 16.8 Å². The van der Waals surface area contributed by atoms with Crippen molar-refractivity contribution in [1.82, 2.24) is 4.98 Å². The van der Waals surface area contributed by atoms with Gasteiger partial charge in [-0.25, -0.2) is 21.8 Å². The normalized spacial score (nSPS) is 11.9. The van der Waals surface area contributed by atoms with E-state index in [0.717, 1.165) is 0 Å². The first kappa shape index (κ1) is 22.9. The lowest BCUT2D eigenvalue weighted by molar-refractivity contribution is 0.600. The second kappa shape index (κ2) is 8.78. The van der Waals surface area contributed by atoms with E-state index in [4.69, 9.17) is 46.4 Å². The molecule has 0 aliphatic carbocycles. The monoisotopic (exact) mass is 525 g/mol. The molecule has 0 saturated heterocycles. The zero-order valence-electron chi connectivity index (χ0n) is 14.6. The third kappa shape index (κ3) is 4.93. The summed E-state index contributed by atoms with van der Waals surface area (Å²) in [5.41, 5.74) is 0. The first-order valence-corrected chi connectivity index (χ1v) is 12.4. The Labute approximate surface area is 193 Å². The Morgan fingerprint density at radius 2 is 0.867 bits per heavy atom. The van der Waals surface area contributed by atoms with Crippen LogP contribution < -0.4 is 9.44 Å². The molecular weight excluding hydrogens is 516 g/mol. The van der Waals surface area contributed by atoms with Gasteiger partial charge in [0.05, 0.1) is 20.1 Å². The number of hydrogen-bond donors (Lipinski definition) is 2. The van der Waals surface area contributed by atoms with Crippen LogP contribution >= 0.6 is 46.4 Å². The number of sulfonamides is 2. The van der Waals surface area contributed by atoms with Crippen molar-refractivity contribution in [3.63, 3.8) is 0 Å². The molecule has 1 heterocycles. The molecule has 0 fully saturated rings. The molecule has 0 aliphatic heterocycles. The molecule has 0 amide bonds. The summed E-state index contributed by atoms with van der Waals surface area (Å²) >= 11 is 23.8. The Hall–Kier alpha value is -1.75. The van der Waals surface area contributed by atoms with Crippen molar-refractivity contribution in [3.8, 4) is 0 Å². The van der Waals surface area contributed by atoms with Gasteiger partial charge in [0.15, 0.2) is 0 Å². The minimum Gasteiger partial charge on any atom is -0.263 e. The van der Waals surface area contributed by atoms with Gasteiger partial charge in [-0.3, -0.25) is 9.44 Å². The van der Waals surface area contributed by atoms with E-state index in [-0.39, 0.29) is 41.5 Å². The van der Waals surface area contributed by atoms with Crippen LogP contribution in [0, 0.1) is 0 Å². The van der Waals surface area contributed by atoms with Crippen molar-refractivity contribution in [2.24, 2.45) is 0 Å². The Balaban J connectivity index is 1.92. The van der Waals surface area contributed by atoms with E-state index in [1.807, 2.05) is 0 Å². The smallest absolute Gasteiger partial charge is 0.263 e. The standard InChI is InChI=1S/C17H11Cl4N3O4S2/c18-10-4-1-5-11(19)16(10)29(25,26)23-14-8-3-9-15(22-14)24-30(27,28)17-12(20)6-2-7-13(17)21/h1-9H,(H2,22,23,24). The number of hydrogen-bond acceptors (Lipinski definition) is 5. The molecule has 0 bridgehead atoms. The third-order valence-corrected chi connectivity index (χ3v) is 8.22. The Kier molecular flexibility index (Phi) is 6.71. The highest BCUT2D eigenvalue weighted by Crippen LogP contribution is 2.32. The molecule has 7 nitrogen and oxygen atoms in total. The van der Waals surface area contributed by atoms with Gasteiger partial charge in [0.1, 0.15) is 21.4 Å². The number of aromatic nitrogens is 1. The number of benzene rings is 2. The maximum atomic E-state index is 12.7. The van der Waals surface area contributed by atoms with Gasteiger partial charge in [0.2, 0.25) is 0 Å². The molecule has 0 spiro atoms. The molecule has 2 N–H and O–H groups in total. The fourth-order valence-electron chi connectivity index (χ4n) is 2.40. The minimum absolute atomic E-state index is 0.0831. The van der Waals surface area contributed by atoms with Crippen LogP contribution in [0.3, 0.4) is 0 Å². The maximum absolute atomic E-state index is 12.7. The first-order valence-electron chi connectivity index (χ1n) is 7.92.